The molecule has 2 aromatic carbocycles. The van der Waals surface area contributed by atoms with Gasteiger partial charge in [-0.15, -0.1) is 0 Å². The molecule has 1 aliphatic carbocycles. The summed E-state index contributed by atoms with van der Waals surface area (Å²) in [6, 6.07) is 14.9. The lowest BCUT2D eigenvalue weighted by Crippen LogP contribution is -2.36. The normalized spacial score (nSPS) is 21.3. The zero-order valence-electron chi connectivity index (χ0n) is 16.7. The molecule has 0 aromatic heterocycles. The van der Waals surface area contributed by atoms with Gasteiger partial charge in [-0.1, -0.05) is 53.5 Å². The fourth-order valence-corrected chi connectivity index (χ4v) is 4.78. The molecular weight excluding hydrogens is 421 g/mol. The summed E-state index contributed by atoms with van der Waals surface area (Å²) < 4.78 is 5.04. The van der Waals surface area contributed by atoms with Crippen LogP contribution in [0.15, 0.2) is 71.1 Å². The zero-order valence-corrected chi connectivity index (χ0v) is 18.2. The van der Waals surface area contributed by atoms with E-state index < -0.39 is 11.9 Å². The number of Topliss-reactive ketones (excluding diaryl/α,β-unsaturated/α-hetero) is 1. The minimum absolute atomic E-state index is 0.00234. The molecule has 2 atom stereocenters. The van der Waals surface area contributed by atoms with Gasteiger partial charge in [0.25, 0.3) is 0 Å². The Hall–Kier alpha value is -2.56. The van der Waals surface area contributed by atoms with Crippen LogP contribution in [-0.4, -0.2) is 18.9 Å². The highest BCUT2D eigenvalue weighted by atomic mass is 35.5. The van der Waals surface area contributed by atoms with Crippen LogP contribution in [0.4, 0.5) is 0 Å². The number of carbonyl (C=O) groups is 2. The van der Waals surface area contributed by atoms with Crippen molar-refractivity contribution < 1.29 is 14.3 Å². The smallest absolute Gasteiger partial charge is 0.336 e. The van der Waals surface area contributed by atoms with Crippen molar-refractivity contribution in [1.29, 1.82) is 0 Å². The lowest BCUT2D eigenvalue weighted by molar-refractivity contribution is -0.136. The first kappa shape index (κ1) is 20.7. The van der Waals surface area contributed by atoms with Gasteiger partial charge in [-0.3, -0.25) is 4.79 Å². The number of hydrogen-bond acceptors (Lipinski definition) is 4. The number of nitrogens with one attached hydrogen (secondary N) is 1. The van der Waals surface area contributed by atoms with Crippen LogP contribution in [0.5, 0.6) is 0 Å². The Labute approximate surface area is 185 Å². The van der Waals surface area contributed by atoms with Crippen molar-refractivity contribution in [2.24, 2.45) is 0 Å². The summed E-state index contributed by atoms with van der Waals surface area (Å²) in [5.74, 6) is -0.979. The van der Waals surface area contributed by atoms with E-state index in [1.165, 1.54) is 7.11 Å². The molecule has 1 aliphatic heterocycles. The fourth-order valence-electron chi connectivity index (χ4n) is 4.41. The lowest BCUT2D eigenvalue weighted by atomic mass is 9.71. The second-order valence-corrected chi connectivity index (χ2v) is 8.43. The predicted octanol–water partition coefficient (Wildman–Crippen LogP) is 5.53. The number of esters is 1. The van der Waals surface area contributed by atoms with Gasteiger partial charge in [-0.05, 0) is 48.6 Å². The van der Waals surface area contributed by atoms with E-state index in [1.54, 1.807) is 6.07 Å². The molecule has 30 heavy (non-hydrogen) atoms. The second-order valence-electron chi connectivity index (χ2n) is 7.58. The molecule has 154 valence electrons. The van der Waals surface area contributed by atoms with E-state index in [0.29, 0.717) is 39.7 Å². The van der Waals surface area contributed by atoms with Crippen molar-refractivity contribution in [1.82, 2.24) is 5.32 Å². The average molecular weight is 442 g/mol. The Morgan fingerprint density at radius 1 is 1.07 bits per heavy atom. The second kappa shape index (κ2) is 8.29. The molecule has 6 heteroatoms. The maximum absolute atomic E-state index is 13.4. The van der Waals surface area contributed by atoms with E-state index in [-0.39, 0.29) is 11.7 Å². The number of benzene rings is 2. The van der Waals surface area contributed by atoms with Crippen molar-refractivity contribution in [3.05, 3.63) is 92.2 Å². The highest BCUT2D eigenvalue weighted by molar-refractivity contribution is 6.31. The van der Waals surface area contributed by atoms with Crippen LogP contribution in [0.3, 0.4) is 0 Å². The Morgan fingerprint density at radius 2 is 1.77 bits per heavy atom. The van der Waals surface area contributed by atoms with Crippen molar-refractivity contribution in [3.63, 3.8) is 0 Å². The van der Waals surface area contributed by atoms with Crippen LogP contribution in [-0.2, 0) is 14.3 Å². The summed E-state index contributed by atoms with van der Waals surface area (Å²) in [5, 5.41) is 4.49. The molecule has 0 saturated carbocycles. The average Bonchev–Trinajstić information content (AvgIpc) is 2.73. The molecule has 2 aromatic rings. The zero-order chi connectivity index (χ0) is 21.4. The molecule has 0 radical (unpaired) electrons. The van der Waals surface area contributed by atoms with Crippen molar-refractivity contribution in [2.75, 3.05) is 7.11 Å². The quantitative estimate of drug-likeness (QED) is 0.636. The van der Waals surface area contributed by atoms with Crippen LogP contribution in [0, 0.1) is 0 Å². The summed E-state index contributed by atoms with van der Waals surface area (Å²) in [4.78, 5) is 26.1. The number of allylic oxidation sites excluding steroid dienone is 3. The van der Waals surface area contributed by atoms with Crippen LogP contribution < -0.4 is 5.32 Å². The summed E-state index contributed by atoms with van der Waals surface area (Å²) in [7, 11) is 1.34. The molecule has 0 bridgehead atoms. The first-order chi connectivity index (χ1) is 14.4. The molecule has 1 N–H and O–H groups in total. The highest BCUT2D eigenvalue weighted by Gasteiger charge is 2.41. The Morgan fingerprint density at radius 3 is 2.43 bits per heavy atom. The van der Waals surface area contributed by atoms with E-state index in [0.717, 1.165) is 16.8 Å². The molecule has 0 saturated heterocycles. The van der Waals surface area contributed by atoms with Gasteiger partial charge in [0.1, 0.15) is 0 Å². The van der Waals surface area contributed by atoms with E-state index in [2.05, 4.69) is 5.32 Å². The lowest BCUT2D eigenvalue weighted by Gasteiger charge is -2.36. The van der Waals surface area contributed by atoms with E-state index in [1.807, 2.05) is 49.4 Å². The molecule has 0 unspecified atom stereocenters. The van der Waals surface area contributed by atoms with Crippen molar-refractivity contribution in [2.45, 2.75) is 31.6 Å². The summed E-state index contributed by atoms with van der Waals surface area (Å²) in [5.41, 5.74) is 4.32. The number of methoxy groups -OCH3 is 1. The van der Waals surface area contributed by atoms with Gasteiger partial charge in [0, 0.05) is 39.4 Å². The first-order valence-electron chi connectivity index (χ1n) is 9.73. The van der Waals surface area contributed by atoms with Gasteiger partial charge < -0.3 is 10.1 Å². The van der Waals surface area contributed by atoms with Crippen LogP contribution in [0.2, 0.25) is 10.0 Å². The number of hydrogen-bond donors (Lipinski definition) is 1. The SMILES string of the molecule is COC(=O)C1=C(C)NC2=C(C(=O)C[C@H](c3ccc(Cl)cc3)C2)[C@H]1c1ccccc1Cl. The number of dihydropyridines is 1. The van der Waals surface area contributed by atoms with E-state index in [4.69, 9.17) is 27.9 Å². The minimum atomic E-state index is -0.555. The number of ether oxygens (including phenoxy) is 1. The number of carbonyl (C=O) groups excluding carboxylic acids is 2. The topological polar surface area (TPSA) is 55.4 Å². The standard InChI is InChI=1S/C24H21Cl2NO3/c1-13-21(24(29)30-2)22(17-5-3-4-6-18(17)26)23-19(27-13)11-15(12-20(23)28)14-7-9-16(25)10-8-14/h3-10,15,22,27H,11-12H2,1-2H3/t15-,22+/m1/s1. The van der Waals surface area contributed by atoms with Gasteiger partial charge in [0.2, 0.25) is 0 Å². The third-order valence-electron chi connectivity index (χ3n) is 5.79. The molecule has 0 fully saturated rings. The Balaban J connectivity index is 1.82. The van der Waals surface area contributed by atoms with Crippen LogP contribution in [0.25, 0.3) is 0 Å². The van der Waals surface area contributed by atoms with Gasteiger partial charge in [0.05, 0.1) is 12.7 Å². The van der Waals surface area contributed by atoms with Gasteiger partial charge in [-0.2, -0.15) is 0 Å². The van der Waals surface area contributed by atoms with Gasteiger partial charge in [0.15, 0.2) is 5.78 Å². The molecular formula is C24H21Cl2NO3. The summed E-state index contributed by atoms with van der Waals surface area (Å²) in [6.07, 6.45) is 1.02. The Kier molecular flexibility index (Phi) is 5.72. The largest absolute Gasteiger partial charge is 0.466 e. The number of rotatable bonds is 3. The summed E-state index contributed by atoms with van der Waals surface area (Å²) >= 11 is 12.5. The van der Waals surface area contributed by atoms with Crippen LogP contribution >= 0.6 is 23.2 Å². The summed E-state index contributed by atoms with van der Waals surface area (Å²) in [6.45, 7) is 1.83. The van der Waals surface area contributed by atoms with E-state index in [9.17, 15) is 9.59 Å². The third-order valence-corrected chi connectivity index (χ3v) is 6.39. The predicted molar refractivity (Wildman–Crippen MR) is 118 cm³/mol. The monoisotopic (exact) mass is 441 g/mol. The minimum Gasteiger partial charge on any atom is -0.466 e. The molecule has 0 spiro atoms. The molecule has 1 heterocycles. The number of halogens is 2. The number of ketones is 1. The Bertz CT molecular complexity index is 1090. The molecule has 0 amide bonds. The fraction of sp³-hybridized carbons (Fsp3) is 0.250. The maximum Gasteiger partial charge on any atom is 0.336 e. The van der Waals surface area contributed by atoms with Gasteiger partial charge in [-0.25, -0.2) is 4.79 Å². The molecule has 4 nitrogen and oxygen atoms in total. The maximum atomic E-state index is 13.4. The van der Waals surface area contributed by atoms with Crippen molar-refractivity contribution in [3.8, 4) is 0 Å². The van der Waals surface area contributed by atoms with Gasteiger partial charge >= 0.3 is 5.97 Å². The third kappa shape index (κ3) is 3.66. The van der Waals surface area contributed by atoms with Crippen molar-refractivity contribution >= 4 is 35.0 Å². The van der Waals surface area contributed by atoms with E-state index >= 15 is 0 Å². The highest BCUT2D eigenvalue weighted by Crippen LogP contribution is 2.47. The molecule has 4 rings (SSSR count). The van der Waals surface area contributed by atoms with Crippen LogP contribution in [0.1, 0.15) is 42.7 Å². The molecule has 2 aliphatic rings. The first-order valence-corrected chi connectivity index (χ1v) is 10.5.